The molecule has 5 heteroatoms. The molecule has 1 amide bonds. The van der Waals surface area contributed by atoms with Gasteiger partial charge in [0.25, 0.3) is 5.91 Å². The van der Waals surface area contributed by atoms with Crippen LogP contribution in [-0.2, 0) is 0 Å². The second kappa shape index (κ2) is 7.11. The molecule has 3 rings (SSSR count). The van der Waals surface area contributed by atoms with E-state index < -0.39 is 0 Å². The van der Waals surface area contributed by atoms with Crippen LogP contribution in [0.2, 0.25) is 0 Å². The Labute approximate surface area is 146 Å². The number of hydrogen-bond acceptors (Lipinski definition) is 4. The summed E-state index contributed by atoms with van der Waals surface area (Å²) < 4.78 is 1.10. The highest BCUT2D eigenvalue weighted by Crippen LogP contribution is 2.29. The number of aromatic nitrogens is 1. The topological polar surface area (TPSA) is 36.4 Å². The smallest absolute Gasteiger partial charge is 0.260 e. The van der Waals surface area contributed by atoms with Gasteiger partial charge < -0.3 is 4.90 Å². The van der Waals surface area contributed by atoms with Crippen LogP contribution in [0.4, 0.5) is 5.13 Å². The third kappa shape index (κ3) is 3.47. The number of likely N-dealkylation sites (N-methyl/N-ethyl adjacent to an activating group) is 1. The first-order chi connectivity index (χ1) is 11.6. The van der Waals surface area contributed by atoms with E-state index in [4.69, 9.17) is 0 Å². The number of carbonyl (C=O) groups is 1. The Balaban J connectivity index is 1.99. The maximum atomic E-state index is 13.1. The lowest BCUT2D eigenvalue weighted by molar-refractivity contribution is 0.0984. The fourth-order valence-electron chi connectivity index (χ4n) is 2.52. The van der Waals surface area contributed by atoms with Crippen molar-refractivity contribution in [2.24, 2.45) is 0 Å². The summed E-state index contributed by atoms with van der Waals surface area (Å²) in [4.78, 5) is 21.7. The van der Waals surface area contributed by atoms with E-state index in [9.17, 15) is 4.79 Å². The van der Waals surface area contributed by atoms with E-state index in [-0.39, 0.29) is 5.91 Å². The number of anilines is 1. The van der Waals surface area contributed by atoms with Gasteiger partial charge in [-0.15, -0.1) is 0 Å². The molecule has 0 aliphatic carbocycles. The second-order valence-electron chi connectivity index (χ2n) is 6.04. The first kappa shape index (κ1) is 16.6. The Morgan fingerprint density at radius 3 is 2.46 bits per heavy atom. The van der Waals surface area contributed by atoms with Crippen LogP contribution in [0.1, 0.15) is 15.9 Å². The monoisotopic (exact) mass is 339 g/mol. The number of thiazole rings is 1. The van der Waals surface area contributed by atoms with Crippen molar-refractivity contribution in [1.29, 1.82) is 0 Å². The zero-order valence-corrected chi connectivity index (χ0v) is 15.0. The average molecular weight is 339 g/mol. The normalized spacial score (nSPS) is 11.2. The van der Waals surface area contributed by atoms with Crippen LogP contribution in [0, 0.1) is 6.92 Å². The van der Waals surface area contributed by atoms with Gasteiger partial charge in [-0.1, -0.05) is 41.7 Å². The Hall–Kier alpha value is -2.24. The highest BCUT2D eigenvalue weighted by molar-refractivity contribution is 7.22. The molecule has 3 aromatic rings. The maximum Gasteiger partial charge on any atom is 0.260 e. The largest absolute Gasteiger partial charge is 0.308 e. The van der Waals surface area contributed by atoms with E-state index in [1.165, 1.54) is 0 Å². The molecule has 0 aliphatic heterocycles. The van der Waals surface area contributed by atoms with Crippen molar-refractivity contribution >= 4 is 32.6 Å². The van der Waals surface area contributed by atoms with Crippen molar-refractivity contribution in [2.75, 3.05) is 32.1 Å². The summed E-state index contributed by atoms with van der Waals surface area (Å²) in [6, 6.07) is 15.7. The Morgan fingerprint density at radius 2 is 1.75 bits per heavy atom. The Kier molecular flexibility index (Phi) is 4.92. The van der Waals surface area contributed by atoms with E-state index in [2.05, 4.69) is 9.88 Å². The lowest BCUT2D eigenvalue weighted by atomic mass is 10.1. The molecule has 0 radical (unpaired) electrons. The predicted molar refractivity (Wildman–Crippen MR) is 101 cm³/mol. The Bertz CT molecular complexity index is 823. The fourth-order valence-corrected chi connectivity index (χ4v) is 3.51. The summed E-state index contributed by atoms with van der Waals surface area (Å²) in [7, 11) is 4.02. The lowest BCUT2D eigenvalue weighted by Gasteiger charge is -2.22. The Morgan fingerprint density at radius 1 is 1.04 bits per heavy atom. The maximum absolute atomic E-state index is 13.1. The molecule has 4 nitrogen and oxygen atoms in total. The first-order valence-corrected chi connectivity index (χ1v) is 8.75. The van der Waals surface area contributed by atoms with Crippen molar-refractivity contribution in [2.45, 2.75) is 6.92 Å². The minimum absolute atomic E-state index is 0.00834. The number of benzene rings is 2. The number of hydrogen-bond donors (Lipinski definition) is 0. The SMILES string of the molecule is Cc1ccccc1C(=O)N(CCN(C)C)c1nc2ccccc2s1. The van der Waals surface area contributed by atoms with Gasteiger partial charge in [-0.25, -0.2) is 4.98 Å². The molecule has 0 N–H and O–H groups in total. The summed E-state index contributed by atoms with van der Waals surface area (Å²) in [6.07, 6.45) is 0. The molecule has 124 valence electrons. The molecule has 1 heterocycles. The number of aryl methyl sites for hydroxylation is 1. The number of fused-ring (bicyclic) bond motifs is 1. The summed E-state index contributed by atoms with van der Waals surface area (Å²) >= 11 is 1.56. The number of carbonyl (C=O) groups excluding carboxylic acids is 1. The van der Waals surface area contributed by atoms with Crippen molar-refractivity contribution in [1.82, 2.24) is 9.88 Å². The van der Waals surface area contributed by atoms with Gasteiger partial charge in [0.15, 0.2) is 5.13 Å². The molecule has 1 aromatic heterocycles. The second-order valence-corrected chi connectivity index (χ2v) is 7.05. The van der Waals surface area contributed by atoms with Crippen molar-refractivity contribution in [3.63, 3.8) is 0 Å². The third-order valence-corrected chi connectivity index (χ3v) is 4.96. The van der Waals surface area contributed by atoms with E-state index in [0.717, 1.165) is 33.0 Å². The van der Waals surface area contributed by atoms with Gasteiger partial charge in [0.1, 0.15) is 0 Å². The van der Waals surface area contributed by atoms with E-state index in [1.807, 2.05) is 69.6 Å². The molecule has 0 unspecified atom stereocenters. The highest BCUT2D eigenvalue weighted by atomic mass is 32.1. The zero-order chi connectivity index (χ0) is 17.1. The molecule has 0 fully saturated rings. The van der Waals surface area contributed by atoms with Crippen LogP contribution < -0.4 is 4.90 Å². The van der Waals surface area contributed by atoms with Crippen molar-refractivity contribution < 1.29 is 4.79 Å². The predicted octanol–water partition coefficient (Wildman–Crippen LogP) is 3.81. The fraction of sp³-hybridized carbons (Fsp3) is 0.263. The third-order valence-electron chi connectivity index (χ3n) is 3.90. The van der Waals surface area contributed by atoms with E-state index in [1.54, 1.807) is 16.2 Å². The molecular weight excluding hydrogens is 318 g/mol. The van der Waals surface area contributed by atoms with Gasteiger partial charge in [0.05, 0.1) is 10.2 Å². The molecule has 2 aromatic carbocycles. The minimum atomic E-state index is 0.00834. The average Bonchev–Trinajstić information content (AvgIpc) is 2.98. The molecule has 0 spiro atoms. The molecule has 0 aliphatic rings. The van der Waals surface area contributed by atoms with Gasteiger partial charge in [-0.3, -0.25) is 9.69 Å². The van der Waals surface area contributed by atoms with Gasteiger partial charge in [-0.2, -0.15) is 0 Å². The quantitative estimate of drug-likeness (QED) is 0.709. The summed E-state index contributed by atoms with van der Waals surface area (Å²) in [6.45, 7) is 3.36. The van der Waals surface area contributed by atoms with Crippen molar-refractivity contribution in [3.8, 4) is 0 Å². The van der Waals surface area contributed by atoms with Crippen LogP contribution in [0.25, 0.3) is 10.2 Å². The van der Waals surface area contributed by atoms with Gasteiger partial charge in [-0.05, 0) is 44.8 Å². The molecule has 0 saturated carbocycles. The van der Waals surface area contributed by atoms with Gasteiger partial charge >= 0.3 is 0 Å². The standard InChI is InChI=1S/C19H21N3OS/c1-14-8-4-5-9-15(14)18(23)22(13-12-21(2)3)19-20-16-10-6-7-11-17(16)24-19/h4-11H,12-13H2,1-3H3. The number of amides is 1. The van der Waals surface area contributed by atoms with Crippen LogP contribution in [0.3, 0.4) is 0 Å². The molecule has 0 saturated heterocycles. The minimum Gasteiger partial charge on any atom is -0.308 e. The van der Waals surface area contributed by atoms with Gasteiger partial charge in [0, 0.05) is 18.7 Å². The molecule has 24 heavy (non-hydrogen) atoms. The molecular formula is C19H21N3OS. The number of para-hydroxylation sites is 1. The first-order valence-electron chi connectivity index (χ1n) is 7.94. The summed E-state index contributed by atoms with van der Waals surface area (Å²) in [5.74, 6) is 0.00834. The van der Waals surface area contributed by atoms with Crippen LogP contribution in [0.15, 0.2) is 48.5 Å². The highest BCUT2D eigenvalue weighted by Gasteiger charge is 2.22. The van der Waals surface area contributed by atoms with Crippen LogP contribution in [0.5, 0.6) is 0 Å². The van der Waals surface area contributed by atoms with Crippen LogP contribution >= 0.6 is 11.3 Å². The molecule has 0 atom stereocenters. The number of rotatable bonds is 5. The van der Waals surface area contributed by atoms with E-state index in [0.29, 0.717) is 6.54 Å². The summed E-state index contributed by atoms with van der Waals surface area (Å²) in [5, 5.41) is 0.756. The zero-order valence-electron chi connectivity index (χ0n) is 14.2. The van der Waals surface area contributed by atoms with Crippen LogP contribution in [-0.4, -0.2) is 43.0 Å². The summed E-state index contributed by atoms with van der Waals surface area (Å²) in [5.41, 5.74) is 2.65. The molecule has 0 bridgehead atoms. The van der Waals surface area contributed by atoms with Gasteiger partial charge in [0.2, 0.25) is 0 Å². The lowest BCUT2D eigenvalue weighted by Crippen LogP contribution is -2.37. The van der Waals surface area contributed by atoms with Crippen molar-refractivity contribution in [3.05, 3.63) is 59.7 Å². The number of nitrogens with zero attached hydrogens (tertiary/aromatic N) is 3. The van der Waals surface area contributed by atoms with E-state index >= 15 is 0 Å².